The predicted molar refractivity (Wildman–Crippen MR) is 116 cm³/mol. The topological polar surface area (TPSA) is 60.5 Å². The summed E-state index contributed by atoms with van der Waals surface area (Å²) in [6.07, 6.45) is -4.53. The molecular weight excluding hydrogens is 449 g/mol. The Hall–Kier alpha value is -2.56. The lowest BCUT2D eigenvalue weighted by Gasteiger charge is -2.15. The maximum Gasteiger partial charge on any atom is 0.416 e. The number of nitrogens with zero attached hydrogens (tertiary/aromatic N) is 1. The van der Waals surface area contributed by atoms with Crippen LogP contribution in [0, 0.1) is 0 Å². The molecule has 0 aliphatic heterocycles. The minimum absolute atomic E-state index is 0.00446. The number of carbonyl (C=O) groups is 1. The van der Waals surface area contributed by atoms with E-state index >= 15 is 0 Å². The van der Waals surface area contributed by atoms with Crippen molar-refractivity contribution in [3.05, 3.63) is 59.5 Å². The van der Waals surface area contributed by atoms with Gasteiger partial charge in [0.15, 0.2) is 4.34 Å². The van der Waals surface area contributed by atoms with Crippen LogP contribution in [0.25, 0.3) is 11.3 Å². The molecule has 0 spiro atoms. The Morgan fingerprint density at radius 3 is 2.65 bits per heavy atom. The first-order chi connectivity index (χ1) is 14.9. The predicted octanol–water partition coefficient (Wildman–Crippen LogP) is 5.58. The molecule has 0 atom stereocenters. The molecule has 1 N–H and O–H groups in total. The van der Waals surface area contributed by atoms with Gasteiger partial charge in [-0.05, 0) is 18.2 Å². The molecule has 2 aromatic carbocycles. The Morgan fingerprint density at radius 2 is 1.94 bits per heavy atom. The summed E-state index contributed by atoms with van der Waals surface area (Å²) in [7, 11) is 1.48. The number of anilines is 1. The number of alkyl halides is 3. The zero-order valence-corrected chi connectivity index (χ0v) is 18.1. The molecule has 1 amide bonds. The summed E-state index contributed by atoms with van der Waals surface area (Å²) in [6.45, 7) is 0.402. The first-order valence-corrected chi connectivity index (χ1v) is 11.0. The number of halogens is 3. The number of hydrogen-bond acceptors (Lipinski definition) is 6. The van der Waals surface area contributed by atoms with Gasteiger partial charge in [-0.3, -0.25) is 4.79 Å². The average Bonchev–Trinajstić information content (AvgIpc) is 3.22. The quantitative estimate of drug-likeness (QED) is 0.328. The molecule has 0 saturated heterocycles. The summed E-state index contributed by atoms with van der Waals surface area (Å²) >= 11 is 2.61. The summed E-state index contributed by atoms with van der Waals surface area (Å²) < 4.78 is 50.2. The minimum Gasteiger partial charge on any atom is -0.489 e. The van der Waals surface area contributed by atoms with Crippen LogP contribution in [-0.4, -0.2) is 37.0 Å². The highest BCUT2D eigenvalue weighted by molar-refractivity contribution is 8.01. The van der Waals surface area contributed by atoms with Crippen LogP contribution in [0.4, 0.5) is 18.9 Å². The Bertz CT molecular complexity index is 1010. The highest BCUT2D eigenvalue weighted by atomic mass is 32.2. The van der Waals surface area contributed by atoms with Gasteiger partial charge in [-0.2, -0.15) is 13.2 Å². The molecule has 164 valence electrons. The van der Waals surface area contributed by atoms with Crippen molar-refractivity contribution < 1.29 is 27.4 Å². The van der Waals surface area contributed by atoms with Crippen molar-refractivity contribution in [2.24, 2.45) is 0 Å². The van der Waals surface area contributed by atoms with Gasteiger partial charge in [0, 0.05) is 18.1 Å². The molecule has 5 nitrogen and oxygen atoms in total. The second kappa shape index (κ2) is 10.7. The monoisotopic (exact) mass is 468 g/mol. The van der Waals surface area contributed by atoms with Gasteiger partial charge < -0.3 is 14.8 Å². The third-order valence-corrected chi connectivity index (χ3v) is 6.03. The molecule has 3 aromatic rings. The van der Waals surface area contributed by atoms with E-state index < -0.39 is 17.6 Å². The molecule has 0 bridgehead atoms. The summed E-state index contributed by atoms with van der Waals surface area (Å²) in [5, 5.41) is 4.40. The molecule has 1 heterocycles. The lowest BCUT2D eigenvalue weighted by molar-refractivity contribution is -0.137. The lowest BCUT2D eigenvalue weighted by Crippen LogP contribution is -2.16. The van der Waals surface area contributed by atoms with E-state index in [0.29, 0.717) is 4.34 Å². The van der Waals surface area contributed by atoms with Crippen LogP contribution in [0.3, 0.4) is 0 Å². The summed E-state index contributed by atoms with van der Waals surface area (Å²) in [6, 6.07) is 12.6. The molecule has 1 aromatic heterocycles. The summed E-state index contributed by atoms with van der Waals surface area (Å²) in [4.78, 5) is 16.9. The number of thiazole rings is 1. The summed E-state index contributed by atoms with van der Waals surface area (Å²) in [5.74, 6) is -0.323. The van der Waals surface area contributed by atoms with Crippen LogP contribution < -0.4 is 10.1 Å². The van der Waals surface area contributed by atoms with E-state index in [0.717, 1.165) is 23.4 Å². The highest BCUT2D eigenvalue weighted by Crippen LogP contribution is 2.35. The molecule has 3 rings (SSSR count). The fourth-order valence-corrected chi connectivity index (χ4v) is 4.18. The third-order valence-electron chi connectivity index (χ3n) is 4.01. The van der Waals surface area contributed by atoms with Gasteiger partial charge in [0.2, 0.25) is 5.91 Å². The van der Waals surface area contributed by atoms with E-state index in [1.807, 2.05) is 35.7 Å². The van der Waals surface area contributed by atoms with Crippen molar-refractivity contribution in [1.82, 2.24) is 4.98 Å². The van der Waals surface area contributed by atoms with Crippen molar-refractivity contribution >= 4 is 34.7 Å². The molecule has 10 heteroatoms. The fraction of sp³-hybridized carbons (Fsp3) is 0.238. The van der Waals surface area contributed by atoms with Crippen molar-refractivity contribution in [2.45, 2.75) is 10.5 Å². The molecule has 0 aliphatic carbocycles. The van der Waals surface area contributed by atoms with E-state index in [-0.39, 0.29) is 30.4 Å². The number of carbonyl (C=O) groups excluding carboxylic acids is 1. The Kier molecular flexibility index (Phi) is 7.94. The van der Waals surface area contributed by atoms with E-state index in [9.17, 15) is 18.0 Å². The Morgan fingerprint density at radius 1 is 1.16 bits per heavy atom. The van der Waals surface area contributed by atoms with Gasteiger partial charge in [-0.15, -0.1) is 11.3 Å². The largest absolute Gasteiger partial charge is 0.489 e. The highest BCUT2D eigenvalue weighted by Gasteiger charge is 2.31. The van der Waals surface area contributed by atoms with Gasteiger partial charge in [0.05, 0.1) is 29.3 Å². The normalized spacial score (nSPS) is 11.4. The van der Waals surface area contributed by atoms with Gasteiger partial charge in [0.1, 0.15) is 12.4 Å². The first-order valence-electron chi connectivity index (χ1n) is 9.13. The van der Waals surface area contributed by atoms with Crippen LogP contribution in [0.5, 0.6) is 5.75 Å². The smallest absolute Gasteiger partial charge is 0.416 e. The van der Waals surface area contributed by atoms with Gasteiger partial charge in [-0.25, -0.2) is 4.98 Å². The standard InChI is InChI=1S/C21H19F3N2O3S2/c1-28-9-10-29-18-8-7-15(21(22,23)24)11-16(18)25-19(27)13-31-20-26-17(12-30-20)14-5-3-2-4-6-14/h2-8,11-12H,9-10,13H2,1H3,(H,25,27). The second-order valence-electron chi connectivity index (χ2n) is 6.25. The van der Waals surface area contributed by atoms with Crippen LogP contribution in [-0.2, 0) is 15.7 Å². The number of amides is 1. The van der Waals surface area contributed by atoms with E-state index in [2.05, 4.69) is 10.3 Å². The molecular formula is C21H19F3N2O3S2. The number of rotatable bonds is 9. The van der Waals surface area contributed by atoms with Crippen molar-refractivity contribution in [3.63, 3.8) is 0 Å². The Labute approximate surface area is 185 Å². The third kappa shape index (κ3) is 6.71. The molecule has 0 fully saturated rings. The second-order valence-corrected chi connectivity index (χ2v) is 8.33. The fourth-order valence-electron chi connectivity index (χ4n) is 2.54. The molecule has 31 heavy (non-hydrogen) atoms. The van der Waals surface area contributed by atoms with E-state index in [1.54, 1.807) is 0 Å². The molecule has 0 unspecified atom stereocenters. The first kappa shape index (κ1) is 23.1. The van der Waals surface area contributed by atoms with Gasteiger partial charge >= 0.3 is 6.18 Å². The maximum atomic E-state index is 13.1. The van der Waals surface area contributed by atoms with Gasteiger partial charge in [-0.1, -0.05) is 42.1 Å². The van der Waals surface area contributed by atoms with Gasteiger partial charge in [0.25, 0.3) is 0 Å². The maximum absolute atomic E-state index is 13.1. The summed E-state index contributed by atoms with van der Waals surface area (Å²) in [5.41, 5.74) is 0.861. The van der Waals surface area contributed by atoms with Crippen molar-refractivity contribution in [2.75, 3.05) is 31.4 Å². The van der Waals surface area contributed by atoms with E-state index in [1.165, 1.54) is 36.3 Å². The number of nitrogens with one attached hydrogen (secondary N) is 1. The lowest BCUT2D eigenvalue weighted by atomic mass is 10.1. The number of methoxy groups -OCH3 is 1. The number of thioether (sulfide) groups is 1. The number of hydrogen-bond donors (Lipinski definition) is 1. The number of aromatic nitrogens is 1. The zero-order chi connectivity index (χ0) is 22.3. The van der Waals surface area contributed by atoms with Crippen molar-refractivity contribution in [3.8, 4) is 17.0 Å². The molecule has 0 aliphatic rings. The van der Waals surface area contributed by atoms with Crippen LogP contribution in [0.15, 0.2) is 58.3 Å². The molecule has 0 radical (unpaired) electrons. The van der Waals surface area contributed by atoms with Crippen molar-refractivity contribution in [1.29, 1.82) is 0 Å². The van der Waals surface area contributed by atoms with Crippen LogP contribution in [0.1, 0.15) is 5.56 Å². The van der Waals surface area contributed by atoms with Crippen LogP contribution in [0.2, 0.25) is 0 Å². The van der Waals surface area contributed by atoms with Crippen LogP contribution >= 0.6 is 23.1 Å². The average molecular weight is 469 g/mol. The minimum atomic E-state index is -4.53. The molecule has 0 saturated carbocycles. The number of ether oxygens (including phenoxy) is 2. The Balaban J connectivity index is 1.65. The SMILES string of the molecule is COCCOc1ccc(C(F)(F)F)cc1NC(=O)CSc1nc(-c2ccccc2)cs1. The zero-order valence-electron chi connectivity index (χ0n) is 16.4. The number of benzene rings is 2. The van der Waals surface area contributed by atoms with E-state index in [4.69, 9.17) is 9.47 Å².